The van der Waals surface area contributed by atoms with Gasteiger partial charge in [-0.2, -0.15) is 0 Å². The molecule has 5 heteroatoms. The molecule has 1 amide bonds. The first kappa shape index (κ1) is 14.7. The lowest BCUT2D eigenvalue weighted by Gasteiger charge is -2.21. The first-order valence-corrected chi connectivity index (χ1v) is 7.55. The van der Waals surface area contributed by atoms with Crippen molar-refractivity contribution >= 4 is 23.0 Å². The molecule has 22 heavy (non-hydrogen) atoms. The van der Waals surface area contributed by atoms with Gasteiger partial charge in [0.05, 0.1) is 28.5 Å². The van der Waals surface area contributed by atoms with Crippen LogP contribution < -0.4 is 5.32 Å². The molecule has 5 nitrogen and oxygen atoms in total. The number of nitrogens with zero attached hydrogens (tertiary/aromatic N) is 2. The predicted octanol–water partition coefficient (Wildman–Crippen LogP) is 2.06. The van der Waals surface area contributed by atoms with E-state index >= 15 is 0 Å². The zero-order valence-corrected chi connectivity index (χ0v) is 12.3. The molecule has 0 saturated heterocycles. The summed E-state index contributed by atoms with van der Waals surface area (Å²) in [6.07, 6.45) is 8.26. The number of benzene rings is 1. The van der Waals surface area contributed by atoms with Crippen LogP contribution >= 0.6 is 0 Å². The Bertz CT molecular complexity index is 706. The number of amides is 1. The SMILES string of the molecule is O=C(/C=C/c1cnc2ccccc2n1)NCC1(O)CCCC1. The van der Waals surface area contributed by atoms with Gasteiger partial charge in [-0.3, -0.25) is 9.78 Å². The molecule has 1 heterocycles. The van der Waals surface area contributed by atoms with Crippen LogP contribution in [0.2, 0.25) is 0 Å². The molecule has 0 bridgehead atoms. The molecule has 1 saturated carbocycles. The summed E-state index contributed by atoms with van der Waals surface area (Å²) in [5.74, 6) is -0.227. The van der Waals surface area contributed by atoms with E-state index < -0.39 is 5.60 Å². The molecule has 0 radical (unpaired) electrons. The maximum absolute atomic E-state index is 11.8. The van der Waals surface area contributed by atoms with Gasteiger partial charge in [0.25, 0.3) is 0 Å². The lowest BCUT2D eigenvalue weighted by molar-refractivity contribution is -0.117. The van der Waals surface area contributed by atoms with Crippen molar-refractivity contribution in [3.63, 3.8) is 0 Å². The van der Waals surface area contributed by atoms with Gasteiger partial charge in [0.2, 0.25) is 5.91 Å². The van der Waals surface area contributed by atoms with Gasteiger partial charge in [0.1, 0.15) is 0 Å². The Labute approximate surface area is 129 Å². The summed E-state index contributed by atoms with van der Waals surface area (Å²) in [6.45, 7) is 0.305. The van der Waals surface area contributed by atoms with Crippen molar-refractivity contribution in [1.29, 1.82) is 0 Å². The van der Waals surface area contributed by atoms with Gasteiger partial charge < -0.3 is 10.4 Å². The van der Waals surface area contributed by atoms with Crippen molar-refractivity contribution in [3.8, 4) is 0 Å². The minimum atomic E-state index is -0.730. The van der Waals surface area contributed by atoms with Crippen LogP contribution in [0.4, 0.5) is 0 Å². The second-order valence-corrected chi connectivity index (χ2v) is 5.77. The van der Waals surface area contributed by atoms with E-state index in [0.29, 0.717) is 12.2 Å². The van der Waals surface area contributed by atoms with Gasteiger partial charge >= 0.3 is 0 Å². The minimum absolute atomic E-state index is 0.227. The van der Waals surface area contributed by atoms with E-state index in [1.165, 1.54) is 6.08 Å². The molecule has 1 aromatic carbocycles. The Kier molecular flexibility index (Phi) is 4.15. The highest BCUT2D eigenvalue weighted by Crippen LogP contribution is 2.28. The van der Waals surface area contributed by atoms with Crippen LogP contribution in [0.15, 0.2) is 36.5 Å². The van der Waals surface area contributed by atoms with Crippen LogP contribution in [0.3, 0.4) is 0 Å². The van der Waals surface area contributed by atoms with Crippen LogP contribution in [-0.4, -0.2) is 33.1 Å². The topological polar surface area (TPSA) is 75.1 Å². The van der Waals surface area contributed by atoms with E-state index in [-0.39, 0.29) is 5.91 Å². The van der Waals surface area contributed by atoms with E-state index in [1.807, 2.05) is 24.3 Å². The number of carbonyl (C=O) groups excluding carboxylic acids is 1. The highest BCUT2D eigenvalue weighted by atomic mass is 16.3. The zero-order valence-electron chi connectivity index (χ0n) is 12.3. The number of fused-ring (bicyclic) bond motifs is 1. The Balaban J connectivity index is 1.61. The van der Waals surface area contributed by atoms with Gasteiger partial charge in [0.15, 0.2) is 0 Å². The third kappa shape index (κ3) is 3.49. The van der Waals surface area contributed by atoms with E-state index in [1.54, 1.807) is 12.3 Å². The predicted molar refractivity (Wildman–Crippen MR) is 85.0 cm³/mol. The molecule has 2 N–H and O–H groups in total. The van der Waals surface area contributed by atoms with Gasteiger partial charge in [-0.15, -0.1) is 0 Å². The third-order valence-corrected chi connectivity index (χ3v) is 4.00. The summed E-state index contributed by atoms with van der Waals surface area (Å²) >= 11 is 0. The highest BCUT2D eigenvalue weighted by Gasteiger charge is 2.30. The summed E-state index contributed by atoms with van der Waals surface area (Å²) < 4.78 is 0. The fourth-order valence-electron chi connectivity index (χ4n) is 2.73. The third-order valence-electron chi connectivity index (χ3n) is 4.00. The van der Waals surface area contributed by atoms with Gasteiger partial charge in [-0.25, -0.2) is 4.98 Å². The number of hydrogen-bond donors (Lipinski definition) is 2. The van der Waals surface area contributed by atoms with Crippen molar-refractivity contribution in [2.75, 3.05) is 6.54 Å². The Morgan fingerprint density at radius 3 is 2.77 bits per heavy atom. The largest absolute Gasteiger partial charge is 0.388 e. The van der Waals surface area contributed by atoms with E-state index in [4.69, 9.17) is 0 Å². The van der Waals surface area contributed by atoms with Gasteiger partial charge in [-0.05, 0) is 31.1 Å². The summed E-state index contributed by atoms with van der Waals surface area (Å²) in [5, 5.41) is 12.9. The maximum atomic E-state index is 11.8. The van der Waals surface area contributed by atoms with E-state index in [9.17, 15) is 9.90 Å². The molecular formula is C17H19N3O2. The number of aliphatic hydroxyl groups is 1. The van der Waals surface area contributed by atoms with Crippen LogP contribution in [0, 0.1) is 0 Å². The molecule has 0 spiro atoms. The van der Waals surface area contributed by atoms with Crippen molar-refractivity contribution in [2.45, 2.75) is 31.3 Å². The maximum Gasteiger partial charge on any atom is 0.244 e. The molecular weight excluding hydrogens is 278 g/mol. The summed E-state index contributed by atoms with van der Waals surface area (Å²) in [4.78, 5) is 20.5. The number of para-hydroxylation sites is 2. The first-order chi connectivity index (χ1) is 10.6. The van der Waals surface area contributed by atoms with Gasteiger partial charge in [-0.1, -0.05) is 25.0 Å². The van der Waals surface area contributed by atoms with E-state index in [2.05, 4.69) is 15.3 Å². The monoisotopic (exact) mass is 297 g/mol. The number of aromatic nitrogens is 2. The fourth-order valence-corrected chi connectivity index (χ4v) is 2.73. The first-order valence-electron chi connectivity index (χ1n) is 7.55. The molecule has 1 aliphatic carbocycles. The quantitative estimate of drug-likeness (QED) is 0.847. The van der Waals surface area contributed by atoms with Crippen molar-refractivity contribution in [1.82, 2.24) is 15.3 Å². The number of nitrogens with one attached hydrogen (secondary N) is 1. The van der Waals surface area contributed by atoms with Crippen molar-refractivity contribution in [3.05, 3.63) is 42.2 Å². The molecule has 1 aromatic heterocycles. The van der Waals surface area contributed by atoms with Crippen LogP contribution in [0.1, 0.15) is 31.4 Å². The molecule has 3 rings (SSSR count). The fraction of sp³-hybridized carbons (Fsp3) is 0.353. The smallest absolute Gasteiger partial charge is 0.244 e. The summed E-state index contributed by atoms with van der Waals surface area (Å²) in [7, 11) is 0. The second kappa shape index (κ2) is 6.23. The lowest BCUT2D eigenvalue weighted by atomic mass is 10.0. The average Bonchev–Trinajstić information content (AvgIpc) is 2.98. The summed E-state index contributed by atoms with van der Waals surface area (Å²) in [6, 6.07) is 7.59. The van der Waals surface area contributed by atoms with Gasteiger partial charge in [0, 0.05) is 12.6 Å². The van der Waals surface area contributed by atoms with Crippen molar-refractivity contribution < 1.29 is 9.90 Å². The average molecular weight is 297 g/mol. The molecule has 0 aliphatic heterocycles. The Hall–Kier alpha value is -2.27. The van der Waals surface area contributed by atoms with E-state index in [0.717, 1.165) is 36.7 Å². The standard InChI is InChI=1S/C17H19N3O2/c21-16(19-12-17(22)9-3-4-10-17)8-7-13-11-18-14-5-1-2-6-15(14)20-13/h1-2,5-8,11,22H,3-4,9-10,12H2,(H,19,21)/b8-7+. The highest BCUT2D eigenvalue weighted by molar-refractivity contribution is 5.91. The van der Waals surface area contributed by atoms with Crippen molar-refractivity contribution in [2.24, 2.45) is 0 Å². The van der Waals surface area contributed by atoms with Crippen LogP contribution in [0.5, 0.6) is 0 Å². The minimum Gasteiger partial charge on any atom is -0.388 e. The molecule has 2 aromatic rings. The second-order valence-electron chi connectivity index (χ2n) is 5.77. The molecule has 1 fully saturated rings. The number of hydrogen-bond acceptors (Lipinski definition) is 4. The molecule has 114 valence electrons. The van der Waals surface area contributed by atoms with Crippen LogP contribution in [-0.2, 0) is 4.79 Å². The summed E-state index contributed by atoms with van der Waals surface area (Å²) in [5.41, 5.74) is 1.53. The van der Waals surface area contributed by atoms with Crippen LogP contribution in [0.25, 0.3) is 17.1 Å². The number of rotatable bonds is 4. The molecule has 0 atom stereocenters. The zero-order chi connectivity index (χ0) is 15.4. The molecule has 1 aliphatic rings. The lowest BCUT2D eigenvalue weighted by Crippen LogP contribution is -2.40. The Morgan fingerprint density at radius 2 is 2.00 bits per heavy atom. The number of carbonyl (C=O) groups is 1. The normalized spacial score (nSPS) is 17.1. The Morgan fingerprint density at radius 1 is 1.27 bits per heavy atom. The molecule has 0 unspecified atom stereocenters.